The average Bonchev–Trinajstić information content (AvgIpc) is 2.58. The molecule has 0 spiro atoms. The van der Waals surface area contributed by atoms with Crippen molar-refractivity contribution in [2.24, 2.45) is 0 Å². The summed E-state index contributed by atoms with van der Waals surface area (Å²) in [4.78, 5) is 10.7. The van der Waals surface area contributed by atoms with Gasteiger partial charge in [0.25, 0.3) is 0 Å². The quantitative estimate of drug-likeness (QED) is 0.530. The van der Waals surface area contributed by atoms with Crippen LogP contribution in [0.2, 0.25) is 5.02 Å². The van der Waals surface area contributed by atoms with Gasteiger partial charge in [0, 0.05) is 16.7 Å². The van der Waals surface area contributed by atoms with E-state index in [2.05, 4.69) is 26.0 Å². The summed E-state index contributed by atoms with van der Waals surface area (Å²) in [7, 11) is 0. The van der Waals surface area contributed by atoms with Gasteiger partial charge in [0.1, 0.15) is 24.7 Å². The number of carboxylic acids is 1. The molecular weight excluding hydrogens is 340 g/mol. The highest BCUT2D eigenvalue weighted by molar-refractivity contribution is 6.30. The van der Waals surface area contributed by atoms with Crippen LogP contribution in [0, 0.1) is 0 Å². The molecule has 0 heterocycles. The molecule has 25 heavy (non-hydrogen) atoms. The highest BCUT2D eigenvalue weighted by Gasteiger charge is 2.04. The summed E-state index contributed by atoms with van der Waals surface area (Å²) in [6.07, 6.45) is 2.50. The van der Waals surface area contributed by atoms with Crippen molar-refractivity contribution in [2.45, 2.75) is 19.8 Å². The van der Waals surface area contributed by atoms with Gasteiger partial charge in [-0.1, -0.05) is 37.6 Å². The Balaban J connectivity index is 1.90. The van der Waals surface area contributed by atoms with Gasteiger partial charge in [-0.15, -0.1) is 0 Å². The predicted octanol–water partition coefficient (Wildman–Crippen LogP) is 5.02. The van der Waals surface area contributed by atoms with E-state index in [0.717, 1.165) is 11.8 Å². The highest BCUT2D eigenvalue weighted by atomic mass is 35.5. The summed E-state index contributed by atoms with van der Waals surface area (Å²) in [5, 5.41) is 9.26. The molecule has 0 bridgehead atoms. The maximum Gasteiger partial charge on any atom is 0.328 e. The number of hydrogen-bond acceptors (Lipinski definition) is 3. The normalized spacial score (nSPS) is 11.0. The first-order valence-corrected chi connectivity index (χ1v) is 8.39. The van der Waals surface area contributed by atoms with Crippen LogP contribution in [0.3, 0.4) is 0 Å². The molecule has 0 fully saturated rings. The number of halogens is 1. The molecule has 0 aliphatic rings. The second-order valence-corrected chi connectivity index (χ2v) is 6.21. The summed E-state index contributed by atoms with van der Waals surface area (Å²) in [5.74, 6) is 0.800. The third kappa shape index (κ3) is 6.16. The van der Waals surface area contributed by atoms with Gasteiger partial charge in [-0.2, -0.15) is 0 Å². The number of rotatable bonds is 8. The molecule has 0 unspecified atom stereocenters. The molecule has 0 aliphatic heterocycles. The van der Waals surface area contributed by atoms with E-state index in [1.54, 1.807) is 18.2 Å². The minimum Gasteiger partial charge on any atom is -0.490 e. The molecule has 0 aromatic heterocycles. The molecule has 0 aliphatic carbocycles. The Morgan fingerprint density at radius 2 is 1.80 bits per heavy atom. The van der Waals surface area contributed by atoms with Crippen LogP contribution in [0.1, 0.15) is 30.9 Å². The van der Waals surface area contributed by atoms with Crippen LogP contribution < -0.4 is 9.47 Å². The van der Waals surface area contributed by atoms with Crippen molar-refractivity contribution >= 4 is 23.6 Å². The smallest absolute Gasteiger partial charge is 0.328 e. The van der Waals surface area contributed by atoms with Crippen LogP contribution in [-0.2, 0) is 4.79 Å². The molecule has 5 heteroatoms. The first-order valence-electron chi connectivity index (χ1n) is 8.02. The first kappa shape index (κ1) is 18.9. The molecule has 4 nitrogen and oxygen atoms in total. The molecular formula is C20H21ClO4. The Bertz CT molecular complexity index is 736. The van der Waals surface area contributed by atoms with E-state index in [1.165, 1.54) is 11.6 Å². The van der Waals surface area contributed by atoms with Gasteiger partial charge in [-0.3, -0.25) is 0 Å². The lowest BCUT2D eigenvalue weighted by atomic mass is 10.0. The lowest BCUT2D eigenvalue weighted by Gasteiger charge is -2.11. The van der Waals surface area contributed by atoms with Gasteiger partial charge in [-0.05, 0) is 47.9 Å². The van der Waals surface area contributed by atoms with Crippen molar-refractivity contribution < 1.29 is 19.4 Å². The molecule has 132 valence electrons. The fourth-order valence-electron chi connectivity index (χ4n) is 2.20. The average molecular weight is 361 g/mol. The zero-order valence-electron chi connectivity index (χ0n) is 14.2. The van der Waals surface area contributed by atoms with Gasteiger partial charge < -0.3 is 14.6 Å². The van der Waals surface area contributed by atoms with E-state index >= 15 is 0 Å². The fraction of sp³-hybridized carbons (Fsp3) is 0.250. The Hall–Kier alpha value is -2.46. The van der Waals surface area contributed by atoms with Gasteiger partial charge in [0.15, 0.2) is 0 Å². The van der Waals surface area contributed by atoms with E-state index in [4.69, 9.17) is 26.2 Å². The summed E-state index contributed by atoms with van der Waals surface area (Å²) >= 11 is 5.95. The third-order valence-electron chi connectivity index (χ3n) is 3.53. The van der Waals surface area contributed by atoms with Crippen molar-refractivity contribution in [1.82, 2.24) is 0 Å². The summed E-state index contributed by atoms with van der Waals surface area (Å²) in [5.41, 5.74) is 1.87. The molecule has 2 aromatic rings. The van der Waals surface area contributed by atoms with E-state index in [1.807, 2.05) is 12.1 Å². The third-order valence-corrected chi connectivity index (χ3v) is 3.77. The predicted molar refractivity (Wildman–Crippen MR) is 99.6 cm³/mol. The largest absolute Gasteiger partial charge is 0.490 e. The van der Waals surface area contributed by atoms with E-state index in [9.17, 15) is 4.79 Å². The van der Waals surface area contributed by atoms with E-state index in [-0.39, 0.29) is 0 Å². The summed E-state index contributed by atoms with van der Waals surface area (Å²) in [6, 6.07) is 13.0. The van der Waals surface area contributed by atoms with Crippen molar-refractivity contribution in [1.29, 1.82) is 0 Å². The molecule has 2 rings (SSSR count). The maximum absolute atomic E-state index is 10.7. The lowest BCUT2D eigenvalue weighted by molar-refractivity contribution is -0.131. The van der Waals surface area contributed by atoms with Gasteiger partial charge in [-0.25, -0.2) is 4.79 Å². The lowest BCUT2D eigenvalue weighted by Crippen LogP contribution is -2.09. The Morgan fingerprint density at radius 1 is 1.12 bits per heavy atom. The monoisotopic (exact) mass is 360 g/mol. The molecule has 0 atom stereocenters. The molecule has 0 amide bonds. The number of carbonyl (C=O) groups is 1. The number of hydrogen-bond donors (Lipinski definition) is 1. The summed E-state index contributed by atoms with van der Waals surface area (Å²) < 4.78 is 11.3. The highest BCUT2D eigenvalue weighted by Crippen LogP contribution is 2.24. The van der Waals surface area contributed by atoms with Crippen LogP contribution >= 0.6 is 11.6 Å². The molecule has 2 aromatic carbocycles. The molecule has 1 N–H and O–H groups in total. The Morgan fingerprint density at radius 3 is 2.44 bits per heavy atom. The number of ether oxygens (including phenoxy) is 2. The number of aliphatic carboxylic acids is 1. The molecule has 0 saturated carbocycles. The van der Waals surface area contributed by atoms with Crippen molar-refractivity contribution in [2.75, 3.05) is 13.2 Å². The van der Waals surface area contributed by atoms with Crippen molar-refractivity contribution in [3.05, 3.63) is 64.7 Å². The van der Waals surface area contributed by atoms with Gasteiger partial charge in [0.2, 0.25) is 0 Å². The van der Waals surface area contributed by atoms with Crippen LogP contribution in [0.5, 0.6) is 11.5 Å². The fourth-order valence-corrected chi connectivity index (χ4v) is 2.38. The summed E-state index contributed by atoms with van der Waals surface area (Å²) in [6.45, 7) is 5.01. The van der Waals surface area contributed by atoms with Crippen molar-refractivity contribution in [3.8, 4) is 11.5 Å². The van der Waals surface area contributed by atoms with Crippen molar-refractivity contribution in [3.63, 3.8) is 0 Å². The number of carboxylic acid groups (broad SMARTS) is 1. The van der Waals surface area contributed by atoms with Crippen LogP contribution in [0.4, 0.5) is 0 Å². The zero-order chi connectivity index (χ0) is 18.2. The second-order valence-electron chi connectivity index (χ2n) is 5.77. The van der Waals surface area contributed by atoms with Gasteiger partial charge in [0.05, 0.1) is 0 Å². The van der Waals surface area contributed by atoms with E-state index in [0.29, 0.717) is 35.5 Å². The zero-order valence-corrected chi connectivity index (χ0v) is 15.0. The molecule has 0 saturated heterocycles. The topological polar surface area (TPSA) is 55.8 Å². The number of benzene rings is 2. The Labute approximate surface area is 152 Å². The standard InChI is InChI=1S/C20H21ClO4/c1-14(2)15-3-7-18(8-4-15)24-11-12-25-19-9-6-17(21)13-16(19)5-10-20(22)23/h3-10,13-14H,11-12H2,1-2H3,(H,22,23). The minimum absolute atomic E-state index is 0.335. The van der Waals surface area contributed by atoms with Crippen LogP contribution in [0.15, 0.2) is 48.5 Å². The van der Waals surface area contributed by atoms with Crippen LogP contribution in [0.25, 0.3) is 6.08 Å². The first-order chi connectivity index (χ1) is 12.0. The Kier molecular flexibility index (Phi) is 6.90. The minimum atomic E-state index is -1.03. The van der Waals surface area contributed by atoms with Crippen LogP contribution in [-0.4, -0.2) is 24.3 Å². The SMILES string of the molecule is CC(C)c1ccc(OCCOc2ccc(Cl)cc2C=CC(=O)O)cc1. The molecule has 0 radical (unpaired) electrons. The second kappa shape index (κ2) is 9.14. The van der Waals surface area contributed by atoms with E-state index < -0.39 is 5.97 Å². The van der Waals surface area contributed by atoms with Gasteiger partial charge >= 0.3 is 5.97 Å². The maximum atomic E-state index is 10.7.